The van der Waals surface area contributed by atoms with Gasteiger partial charge in [-0.05, 0) is 44.7 Å². The topological polar surface area (TPSA) is 46.5 Å². The van der Waals surface area contributed by atoms with E-state index >= 15 is 0 Å². The van der Waals surface area contributed by atoms with E-state index < -0.39 is 0 Å². The van der Waals surface area contributed by atoms with E-state index in [4.69, 9.17) is 9.84 Å². The summed E-state index contributed by atoms with van der Waals surface area (Å²) < 4.78 is 4.98. The third-order valence-corrected chi connectivity index (χ3v) is 3.54. The van der Waals surface area contributed by atoms with Gasteiger partial charge in [0.05, 0.1) is 6.61 Å². The minimum Gasteiger partial charge on any atom is -0.462 e. The maximum absolute atomic E-state index is 11.6. The molecule has 16 heavy (non-hydrogen) atoms. The van der Waals surface area contributed by atoms with Crippen molar-refractivity contribution < 1.29 is 14.6 Å². The molecular weight excluding hydrogens is 224 g/mol. The first-order chi connectivity index (χ1) is 7.69. The zero-order valence-corrected chi connectivity index (χ0v) is 10.6. The van der Waals surface area contributed by atoms with Crippen LogP contribution in [0.4, 0.5) is 0 Å². The molecule has 0 radical (unpaired) electrons. The molecule has 0 spiro atoms. The van der Waals surface area contributed by atoms with Crippen molar-refractivity contribution >= 4 is 17.3 Å². The predicted octanol–water partition coefficient (Wildman–Crippen LogP) is 2.55. The lowest BCUT2D eigenvalue weighted by molar-refractivity contribution is 0.0531. The van der Waals surface area contributed by atoms with Gasteiger partial charge in [0.2, 0.25) is 0 Å². The minimum absolute atomic E-state index is 0.224. The van der Waals surface area contributed by atoms with Crippen LogP contribution in [0.15, 0.2) is 6.07 Å². The summed E-state index contributed by atoms with van der Waals surface area (Å²) in [5.41, 5.74) is 0.988. The predicted molar refractivity (Wildman–Crippen MR) is 65.0 cm³/mol. The van der Waals surface area contributed by atoms with E-state index in [9.17, 15) is 4.79 Å². The Morgan fingerprint density at radius 3 is 2.88 bits per heavy atom. The summed E-state index contributed by atoms with van der Waals surface area (Å²) in [5, 5.41) is 8.69. The van der Waals surface area contributed by atoms with E-state index in [-0.39, 0.29) is 12.6 Å². The van der Waals surface area contributed by atoms with Crippen LogP contribution in [0, 0.1) is 6.92 Å². The third kappa shape index (κ3) is 3.61. The maximum Gasteiger partial charge on any atom is 0.348 e. The van der Waals surface area contributed by atoms with Crippen molar-refractivity contribution in [2.75, 3.05) is 13.2 Å². The summed E-state index contributed by atoms with van der Waals surface area (Å²) >= 11 is 1.50. The van der Waals surface area contributed by atoms with E-state index in [1.807, 2.05) is 19.9 Å². The van der Waals surface area contributed by atoms with Gasteiger partial charge in [0, 0.05) is 11.5 Å². The molecule has 1 aromatic rings. The first-order valence-corrected chi connectivity index (χ1v) is 6.38. The molecule has 1 heterocycles. The van der Waals surface area contributed by atoms with Crippen LogP contribution in [0.25, 0.3) is 0 Å². The zero-order chi connectivity index (χ0) is 12.0. The number of thiophene rings is 1. The lowest BCUT2D eigenvalue weighted by Crippen LogP contribution is -2.03. The van der Waals surface area contributed by atoms with Crippen LogP contribution in [-0.2, 0) is 11.2 Å². The first kappa shape index (κ1) is 13.2. The zero-order valence-electron chi connectivity index (χ0n) is 9.78. The van der Waals surface area contributed by atoms with Gasteiger partial charge in [-0.1, -0.05) is 0 Å². The highest BCUT2D eigenvalue weighted by Gasteiger charge is 2.14. The smallest absolute Gasteiger partial charge is 0.348 e. The molecule has 0 saturated heterocycles. The van der Waals surface area contributed by atoms with Crippen LogP contribution in [0.1, 0.15) is 39.9 Å². The molecule has 0 fully saturated rings. The van der Waals surface area contributed by atoms with E-state index in [1.165, 1.54) is 16.2 Å². The van der Waals surface area contributed by atoms with Crippen LogP contribution in [-0.4, -0.2) is 24.3 Å². The van der Waals surface area contributed by atoms with Crippen LogP contribution in [0.3, 0.4) is 0 Å². The van der Waals surface area contributed by atoms with Gasteiger partial charge in [-0.2, -0.15) is 0 Å². The average molecular weight is 242 g/mol. The molecule has 1 N–H and O–H groups in total. The highest BCUT2D eigenvalue weighted by molar-refractivity contribution is 7.14. The minimum atomic E-state index is -0.224. The maximum atomic E-state index is 11.6. The summed E-state index contributed by atoms with van der Waals surface area (Å²) in [7, 11) is 0. The van der Waals surface area contributed by atoms with Gasteiger partial charge in [0.15, 0.2) is 0 Å². The molecule has 3 nitrogen and oxygen atoms in total. The Hall–Kier alpha value is -0.870. The van der Waals surface area contributed by atoms with Crippen molar-refractivity contribution in [3.05, 3.63) is 21.4 Å². The second kappa shape index (κ2) is 6.66. The van der Waals surface area contributed by atoms with E-state index in [0.717, 1.165) is 24.8 Å². The number of unbranched alkanes of at least 4 members (excludes halogenated alkanes) is 1. The average Bonchev–Trinajstić information content (AvgIpc) is 2.61. The van der Waals surface area contributed by atoms with Crippen molar-refractivity contribution in [1.29, 1.82) is 0 Å². The molecule has 1 aromatic heterocycles. The summed E-state index contributed by atoms with van der Waals surface area (Å²) in [6.45, 7) is 4.38. The number of hydrogen-bond acceptors (Lipinski definition) is 4. The normalized spacial score (nSPS) is 10.4. The number of ether oxygens (including phenoxy) is 1. The number of rotatable bonds is 6. The molecule has 0 aromatic carbocycles. The Bertz CT molecular complexity index is 344. The Morgan fingerprint density at radius 2 is 2.25 bits per heavy atom. The fraction of sp³-hybridized carbons (Fsp3) is 0.583. The standard InChI is InChI=1S/C12H18O3S/c1-3-15-12(14)11-9(2)8-10(16-11)6-4-5-7-13/h8,13H,3-7H2,1-2H3. The molecule has 0 atom stereocenters. The highest BCUT2D eigenvalue weighted by atomic mass is 32.1. The summed E-state index contributed by atoms with van der Waals surface area (Å²) in [5.74, 6) is -0.224. The van der Waals surface area contributed by atoms with Gasteiger partial charge in [-0.3, -0.25) is 0 Å². The Kier molecular flexibility index (Phi) is 5.49. The number of carbonyl (C=O) groups excluding carboxylic acids is 1. The molecule has 0 bridgehead atoms. The van der Waals surface area contributed by atoms with Crippen molar-refractivity contribution in [3.63, 3.8) is 0 Å². The number of aryl methyl sites for hydroxylation is 2. The molecule has 90 valence electrons. The van der Waals surface area contributed by atoms with Crippen molar-refractivity contribution in [3.8, 4) is 0 Å². The van der Waals surface area contributed by atoms with Crippen LogP contribution in [0.2, 0.25) is 0 Å². The number of carbonyl (C=O) groups is 1. The molecular formula is C12H18O3S. The SMILES string of the molecule is CCOC(=O)c1sc(CCCCO)cc1C. The van der Waals surface area contributed by atoms with Crippen LogP contribution >= 0.6 is 11.3 Å². The van der Waals surface area contributed by atoms with Crippen LogP contribution in [0.5, 0.6) is 0 Å². The van der Waals surface area contributed by atoms with Gasteiger partial charge < -0.3 is 9.84 Å². The lowest BCUT2D eigenvalue weighted by Gasteiger charge is -1.98. The molecule has 0 saturated carbocycles. The summed E-state index contributed by atoms with van der Waals surface area (Å²) in [4.78, 5) is 13.5. The van der Waals surface area contributed by atoms with E-state index in [0.29, 0.717) is 11.5 Å². The second-order valence-electron chi connectivity index (χ2n) is 3.63. The summed E-state index contributed by atoms with van der Waals surface area (Å²) in [6.07, 6.45) is 2.69. The third-order valence-electron chi connectivity index (χ3n) is 2.26. The molecule has 4 heteroatoms. The van der Waals surface area contributed by atoms with Gasteiger partial charge in [-0.25, -0.2) is 4.79 Å². The van der Waals surface area contributed by atoms with Crippen molar-refractivity contribution in [1.82, 2.24) is 0 Å². The van der Waals surface area contributed by atoms with Gasteiger partial charge in [0.1, 0.15) is 4.88 Å². The number of hydrogen-bond donors (Lipinski definition) is 1. The Balaban J connectivity index is 2.62. The van der Waals surface area contributed by atoms with Crippen molar-refractivity contribution in [2.45, 2.75) is 33.1 Å². The van der Waals surface area contributed by atoms with E-state index in [2.05, 4.69) is 0 Å². The van der Waals surface area contributed by atoms with Gasteiger partial charge >= 0.3 is 5.97 Å². The lowest BCUT2D eigenvalue weighted by atomic mass is 10.2. The molecule has 0 amide bonds. The fourth-order valence-corrected chi connectivity index (χ4v) is 2.59. The quantitative estimate of drug-likeness (QED) is 0.616. The molecule has 0 aliphatic heterocycles. The van der Waals surface area contributed by atoms with Crippen molar-refractivity contribution in [2.24, 2.45) is 0 Å². The fourth-order valence-electron chi connectivity index (χ4n) is 1.48. The molecule has 0 aliphatic carbocycles. The Morgan fingerprint density at radius 1 is 1.50 bits per heavy atom. The highest BCUT2D eigenvalue weighted by Crippen LogP contribution is 2.24. The van der Waals surface area contributed by atoms with Gasteiger partial charge in [-0.15, -0.1) is 11.3 Å². The molecule has 0 unspecified atom stereocenters. The van der Waals surface area contributed by atoms with Crippen LogP contribution < -0.4 is 0 Å². The first-order valence-electron chi connectivity index (χ1n) is 5.56. The number of aliphatic hydroxyl groups is 1. The second-order valence-corrected chi connectivity index (χ2v) is 4.76. The largest absolute Gasteiger partial charge is 0.462 e. The number of aliphatic hydroxyl groups excluding tert-OH is 1. The number of esters is 1. The molecule has 0 aliphatic rings. The Labute approximate surface area is 100 Å². The van der Waals surface area contributed by atoms with E-state index in [1.54, 1.807) is 0 Å². The van der Waals surface area contributed by atoms with Gasteiger partial charge in [0.25, 0.3) is 0 Å². The monoisotopic (exact) mass is 242 g/mol. The summed E-state index contributed by atoms with van der Waals surface area (Å²) in [6, 6.07) is 2.04. The molecule has 1 rings (SSSR count).